The minimum absolute atomic E-state index is 0.949. The van der Waals surface area contributed by atoms with Crippen molar-refractivity contribution in [2.75, 3.05) is 20.1 Å². The zero-order valence-corrected chi connectivity index (χ0v) is 10.4. The molecule has 0 saturated carbocycles. The fourth-order valence-electron chi connectivity index (χ4n) is 2.61. The number of nitrogens with zero attached hydrogens (tertiary/aromatic N) is 1. The van der Waals surface area contributed by atoms with Crippen LogP contribution >= 0.6 is 0 Å². The van der Waals surface area contributed by atoms with Gasteiger partial charge in [-0.05, 0) is 63.7 Å². The second-order valence-electron chi connectivity index (χ2n) is 5.12. The summed E-state index contributed by atoms with van der Waals surface area (Å²) in [4.78, 5) is 2.47. The third kappa shape index (κ3) is 3.64. The van der Waals surface area contributed by atoms with Crippen molar-refractivity contribution in [3.8, 4) is 0 Å². The minimum atomic E-state index is 0.949. The van der Waals surface area contributed by atoms with E-state index >= 15 is 0 Å². The number of hydrogen-bond donors (Lipinski definition) is 0. The lowest BCUT2D eigenvalue weighted by atomic mass is 9.93. The predicted octanol–water partition coefficient (Wildman–Crippen LogP) is 3.35. The molecule has 1 aromatic carbocycles. The maximum absolute atomic E-state index is 2.47. The Hall–Kier alpha value is -0.820. The van der Waals surface area contributed by atoms with E-state index in [0.29, 0.717) is 0 Å². The van der Waals surface area contributed by atoms with Crippen LogP contribution in [0.25, 0.3) is 0 Å². The molecule has 1 saturated heterocycles. The molecule has 1 unspecified atom stereocenters. The Balaban J connectivity index is 1.77. The predicted molar refractivity (Wildman–Crippen MR) is 69.6 cm³/mol. The molecule has 2 rings (SSSR count). The first-order valence-corrected chi connectivity index (χ1v) is 6.57. The first-order chi connectivity index (χ1) is 7.84. The topological polar surface area (TPSA) is 3.24 Å². The van der Waals surface area contributed by atoms with Gasteiger partial charge in [0, 0.05) is 0 Å². The first kappa shape index (κ1) is 11.7. The molecule has 1 fully saturated rings. The van der Waals surface area contributed by atoms with Crippen molar-refractivity contribution in [2.45, 2.75) is 32.1 Å². The van der Waals surface area contributed by atoms with E-state index in [9.17, 15) is 0 Å². The van der Waals surface area contributed by atoms with Gasteiger partial charge in [-0.2, -0.15) is 0 Å². The van der Waals surface area contributed by atoms with Crippen LogP contribution in [0, 0.1) is 5.92 Å². The van der Waals surface area contributed by atoms with Gasteiger partial charge in [-0.25, -0.2) is 0 Å². The molecule has 0 bridgehead atoms. The van der Waals surface area contributed by atoms with Crippen molar-refractivity contribution in [1.82, 2.24) is 4.90 Å². The van der Waals surface area contributed by atoms with Crippen LogP contribution in [0.3, 0.4) is 0 Å². The second kappa shape index (κ2) is 6.05. The summed E-state index contributed by atoms with van der Waals surface area (Å²) in [6.45, 7) is 2.58. The zero-order valence-electron chi connectivity index (χ0n) is 10.4. The largest absolute Gasteiger partial charge is 0.306 e. The monoisotopic (exact) mass is 217 g/mol. The summed E-state index contributed by atoms with van der Waals surface area (Å²) in [5.41, 5.74) is 1.50. The van der Waals surface area contributed by atoms with Gasteiger partial charge < -0.3 is 4.90 Å². The van der Waals surface area contributed by atoms with E-state index in [-0.39, 0.29) is 0 Å². The van der Waals surface area contributed by atoms with Gasteiger partial charge >= 0.3 is 0 Å². The third-order valence-electron chi connectivity index (χ3n) is 3.76. The molecule has 1 aromatic rings. The second-order valence-corrected chi connectivity index (χ2v) is 5.12. The van der Waals surface area contributed by atoms with Crippen LogP contribution in [0.5, 0.6) is 0 Å². The Kier molecular flexibility index (Phi) is 4.41. The molecule has 1 heterocycles. The molecule has 0 aromatic heterocycles. The van der Waals surface area contributed by atoms with Crippen molar-refractivity contribution >= 4 is 0 Å². The summed E-state index contributed by atoms with van der Waals surface area (Å²) < 4.78 is 0. The van der Waals surface area contributed by atoms with E-state index in [1.165, 1.54) is 50.8 Å². The number of aryl methyl sites for hydroxylation is 1. The van der Waals surface area contributed by atoms with Crippen LogP contribution in [0.1, 0.15) is 31.2 Å². The maximum atomic E-state index is 2.47. The van der Waals surface area contributed by atoms with Gasteiger partial charge in [-0.3, -0.25) is 0 Å². The molecule has 88 valence electrons. The molecular formula is C15H23N. The summed E-state index contributed by atoms with van der Waals surface area (Å²) in [6, 6.07) is 10.9. The van der Waals surface area contributed by atoms with Crippen LogP contribution in [0.15, 0.2) is 30.3 Å². The quantitative estimate of drug-likeness (QED) is 0.750. The highest BCUT2D eigenvalue weighted by Gasteiger charge is 2.14. The van der Waals surface area contributed by atoms with Crippen molar-refractivity contribution in [1.29, 1.82) is 0 Å². The average molecular weight is 217 g/mol. The highest BCUT2D eigenvalue weighted by atomic mass is 15.1. The standard InChI is InChI=1S/C15H23N/c1-16-12-5-8-15(11-13-16)10-9-14-6-3-2-4-7-14/h2-4,6-7,15H,5,8-13H2,1H3. The Morgan fingerprint density at radius 1 is 1.12 bits per heavy atom. The lowest BCUT2D eigenvalue weighted by molar-refractivity contribution is 0.339. The number of rotatable bonds is 3. The molecule has 1 aliphatic heterocycles. The van der Waals surface area contributed by atoms with E-state index in [2.05, 4.69) is 42.3 Å². The number of hydrogen-bond acceptors (Lipinski definition) is 1. The Morgan fingerprint density at radius 3 is 2.75 bits per heavy atom. The van der Waals surface area contributed by atoms with Gasteiger partial charge in [0.05, 0.1) is 0 Å². The molecule has 1 atom stereocenters. The van der Waals surface area contributed by atoms with Gasteiger partial charge in [-0.1, -0.05) is 30.3 Å². The summed E-state index contributed by atoms with van der Waals surface area (Å²) >= 11 is 0. The van der Waals surface area contributed by atoms with Crippen molar-refractivity contribution < 1.29 is 0 Å². The lowest BCUT2D eigenvalue weighted by Gasteiger charge is -2.14. The van der Waals surface area contributed by atoms with Crippen molar-refractivity contribution in [2.24, 2.45) is 5.92 Å². The fraction of sp³-hybridized carbons (Fsp3) is 0.600. The first-order valence-electron chi connectivity index (χ1n) is 6.57. The van der Waals surface area contributed by atoms with Crippen LogP contribution in [0.4, 0.5) is 0 Å². The summed E-state index contributed by atoms with van der Waals surface area (Å²) in [5.74, 6) is 0.949. The lowest BCUT2D eigenvalue weighted by Crippen LogP contribution is -2.18. The van der Waals surface area contributed by atoms with Crippen molar-refractivity contribution in [3.05, 3.63) is 35.9 Å². The van der Waals surface area contributed by atoms with Crippen LogP contribution < -0.4 is 0 Å². The number of benzene rings is 1. The molecule has 1 heteroatoms. The Bertz CT molecular complexity index is 294. The molecule has 16 heavy (non-hydrogen) atoms. The van der Waals surface area contributed by atoms with E-state index in [4.69, 9.17) is 0 Å². The summed E-state index contributed by atoms with van der Waals surface area (Å²) in [7, 11) is 2.25. The van der Waals surface area contributed by atoms with Gasteiger partial charge in [0.25, 0.3) is 0 Å². The smallest absolute Gasteiger partial charge is 0.00191 e. The van der Waals surface area contributed by atoms with E-state index < -0.39 is 0 Å². The summed E-state index contributed by atoms with van der Waals surface area (Å²) in [6.07, 6.45) is 6.84. The Morgan fingerprint density at radius 2 is 1.94 bits per heavy atom. The van der Waals surface area contributed by atoms with Crippen LogP contribution in [-0.4, -0.2) is 25.0 Å². The van der Waals surface area contributed by atoms with Crippen LogP contribution in [-0.2, 0) is 6.42 Å². The fourth-order valence-corrected chi connectivity index (χ4v) is 2.61. The number of likely N-dealkylation sites (tertiary alicyclic amines) is 1. The Labute approximate surface area is 99.5 Å². The molecule has 1 nitrogen and oxygen atoms in total. The average Bonchev–Trinajstić information content (AvgIpc) is 2.53. The molecule has 0 amide bonds. The van der Waals surface area contributed by atoms with Gasteiger partial charge in [0.15, 0.2) is 0 Å². The highest BCUT2D eigenvalue weighted by molar-refractivity contribution is 5.14. The van der Waals surface area contributed by atoms with Crippen LogP contribution in [0.2, 0.25) is 0 Å². The van der Waals surface area contributed by atoms with Gasteiger partial charge in [0.2, 0.25) is 0 Å². The maximum Gasteiger partial charge on any atom is -0.00191 e. The molecule has 0 spiro atoms. The normalized spacial score (nSPS) is 22.9. The molecule has 0 radical (unpaired) electrons. The van der Waals surface area contributed by atoms with Gasteiger partial charge in [0.1, 0.15) is 0 Å². The molecule has 1 aliphatic rings. The molecular weight excluding hydrogens is 194 g/mol. The SMILES string of the molecule is CN1CCCC(CCc2ccccc2)CC1. The van der Waals surface area contributed by atoms with E-state index in [1.54, 1.807) is 0 Å². The summed E-state index contributed by atoms with van der Waals surface area (Å²) in [5, 5.41) is 0. The zero-order chi connectivity index (χ0) is 11.2. The highest BCUT2D eigenvalue weighted by Crippen LogP contribution is 2.21. The molecule has 0 N–H and O–H groups in total. The minimum Gasteiger partial charge on any atom is -0.306 e. The van der Waals surface area contributed by atoms with Crippen molar-refractivity contribution in [3.63, 3.8) is 0 Å². The van der Waals surface area contributed by atoms with E-state index in [0.717, 1.165) is 5.92 Å². The van der Waals surface area contributed by atoms with E-state index in [1.807, 2.05) is 0 Å². The third-order valence-corrected chi connectivity index (χ3v) is 3.76. The molecule has 0 aliphatic carbocycles. The van der Waals surface area contributed by atoms with Gasteiger partial charge in [-0.15, -0.1) is 0 Å².